The number of hydrogen-bond acceptors (Lipinski definition) is 3. The Morgan fingerprint density at radius 3 is 2.43 bits per heavy atom. The van der Waals surface area contributed by atoms with Crippen molar-refractivity contribution < 1.29 is 8.42 Å². The number of sulfonamides is 1. The van der Waals surface area contributed by atoms with Gasteiger partial charge in [-0.25, -0.2) is 13.1 Å². The van der Waals surface area contributed by atoms with Gasteiger partial charge in [0.1, 0.15) is 0 Å². The van der Waals surface area contributed by atoms with Crippen LogP contribution in [-0.2, 0) is 10.0 Å². The van der Waals surface area contributed by atoms with Crippen LogP contribution < -0.4 is 10.5 Å². The molecule has 21 heavy (non-hydrogen) atoms. The number of hydrogen-bond donors (Lipinski definition) is 2. The molecular weight excluding hydrogens is 284 g/mol. The van der Waals surface area contributed by atoms with Gasteiger partial charge in [-0.3, -0.25) is 0 Å². The zero-order valence-electron chi connectivity index (χ0n) is 13.2. The molecule has 0 amide bonds. The molecule has 0 aliphatic carbocycles. The molecule has 0 bridgehead atoms. The molecule has 0 spiro atoms. The van der Waals surface area contributed by atoms with Gasteiger partial charge in [0.25, 0.3) is 0 Å². The van der Waals surface area contributed by atoms with Crippen LogP contribution in [0.1, 0.15) is 44.7 Å². The molecule has 1 aromatic rings. The van der Waals surface area contributed by atoms with Gasteiger partial charge in [0, 0.05) is 11.1 Å². The molecular formula is C16H24N2O2S. The first-order valence-corrected chi connectivity index (χ1v) is 8.60. The number of benzene rings is 1. The highest BCUT2D eigenvalue weighted by atomic mass is 32.2. The van der Waals surface area contributed by atoms with Gasteiger partial charge in [0.15, 0.2) is 0 Å². The van der Waals surface area contributed by atoms with Crippen LogP contribution in [0.2, 0.25) is 0 Å². The van der Waals surface area contributed by atoms with Gasteiger partial charge in [-0.1, -0.05) is 31.8 Å². The highest BCUT2D eigenvalue weighted by molar-refractivity contribution is 7.89. The van der Waals surface area contributed by atoms with Gasteiger partial charge < -0.3 is 5.73 Å². The summed E-state index contributed by atoms with van der Waals surface area (Å²) in [7, 11) is -3.57. The van der Waals surface area contributed by atoms with Crippen molar-refractivity contribution in [2.75, 3.05) is 6.54 Å². The Morgan fingerprint density at radius 1 is 1.29 bits per heavy atom. The summed E-state index contributed by atoms with van der Waals surface area (Å²) in [4.78, 5) is 0.277. The summed E-state index contributed by atoms with van der Waals surface area (Å²) in [6.45, 7) is 7.89. The van der Waals surface area contributed by atoms with Crippen molar-refractivity contribution in [1.82, 2.24) is 4.72 Å². The minimum absolute atomic E-state index is 0.248. The van der Waals surface area contributed by atoms with E-state index >= 15 is 0 Å². The Labute approximate surface area is 128 Å². The summed E-state index contributed by atoms with van der Waals surface area (Å²) in [5, 5.41) is 0. The van der Waals surface area contributed by atoms with E-state index in [1.165, 1.54) is 0 Å². The molecule has 116 valence electrons. The Balaban J connectivity index is 3.25. The van der Waals surface area contributed by atoms with E-state index in [0.717, 1.165) is 12.8 Å². The van der Waals surface area contributed by atoms with Crippen LogP contribution in [0.4, 0.5) is 0 Å². The fraction of sp³-hybridized carbons (Fsp3) is 0.500. The molecule has 0 fully saturated rings. The summed E-state index contributed by atoms with van der Waals surface area (Å²) in [5.41, 5.74) is 6.26. The normalized spacial score (nSPS) is 11.9. The van der Waals surface area contributed by atoms with Gasteiger partial charge in [0.05, 0.1) is 11.4 Å². The lowest BCUT2D eigenvalue weighted by Gasteiger charge is -2.28. The second-order valence-corrected chi connectivity index (χ2v) is 7.01. The third-order valence-corrected chi connectivity index (χ3v) is 5.53. The van der Waals surface area contributed by atoms with Crippen LogP contribution in [0.3, 0.4) is 0 Å². The first kappa shape index (κ1) is 17.7. The predicted octanol–water partition coefficient (Wildman–Crippen LogP) is 2.16. The van der Waals surface area contributed by atoms with Crippen molar-refractivity contribution in [3.05, 3.63) is 29.3 Å². The van der Waals surface area contributed by atoms with E-state index in [1.54, 1.807) is 25.1 Å². The van der Waals surface area contributed by atoms with Gasteiger partial charge in [0.2, 0.25) is 10.0 Å². The quantitative estimate of drug-likeness (QED) is 0.819. The zero-order valence-corrected chi connectivity index (χ0v) is 14.0. The molecule has 0 heterocycles. The molecule has 1 rings (SSSR count). The molecule has 0 radical (unpaired) electrons. The molecule has 3 N–H and O–H groups in total. The van der Waals surface area contributed by atoms with Crippen LogP contribution in [0.25, 0.3) is 0 Å². The van der Waals surface area contributed by atoms with E-state index in [-0.39, 0.29) is 11.4 Å². The largest absolute Gasteiger partial charge is 0.320 e. The number of nitrogens with two attached hydrogens (primary N) is 1. The minimum Gasteiger partial charge on any atom is -0.320 e. The van der Waals surface area contributed by atoms with Crippen molar-refractivity contribution >= 4 is 10.0 Å². The van der Waals surface area contributed by atoms with Crippen LogP contribution in [0.15, 0.2) is 23.1 Å². The van der Waals surface area contributed by atoms with E-state index < -0.39 is 15.6 Å². The van der Waals surface area contributed by atoms with Gasteiger partial charge in [-0.05, 0) is 44.4 Å². The Kier molecular flexibility index (Phi) is 5.97. The molecule has 0 aliphatic heterocycles. The van der Waals surface area contributed by atoms with Crippen molar-refractivity contribution in [3.63, 3.8) is 0 Å². The van der Waals surface area contributed by atoms with Crippen LogP contribution >= 0.6 is 0 Å². The molecule has 0 saturated heterocycles. The van der Waals surface area contributed by atoms with Gasteiger partial charge >= 0.3 is 0 Å². The van der Waals surface area contributed by atoms with Crippen molar-refractivity contribution in [2.45, 2.75) is 51.0 Å². The van der Waals surface area contributed by atoms with Crippen LogP contribution in [0, 0.1) is 18.8 Å². The summed E-state index contributed by atoms with van der Waals surface area (Å²) in [6.07, 6.45) is 1.46. The third-order valence-electron chi connectivity index (χ3n) is 3.75. The van der Waals surface area contributed by atoms with E-state index in [4.69, 9.17) is 5.73 Å². The average molecular weight is 308 g/mol. The van der Waals surface area contributed by atoms with Crippen LogP contribution in [-0.4, -0.2) is 20.5 Å². The summed E-state index contributed by atoms with van der Waals surface area (Å²) >= 11 is 0. The monoisotopic (exact) mass is 308 g/mol. The molecule has 5 heteroatoms. The minimum atomic E-state index is -3.57. The number of nitrogens with one attached hydrogen (secondary N) is 1. The highest BCUT2D eigenvalue weighted by Crippen LogP contribution is 2.22. The fourth-order valence-electron chi connectivity index (χ4n) is 1.89. The molecule has 1 aromatic carbocycles. The maximum atomic E-state index is 12.6. The van der Waals surface area contributed by atoms with E-state index in [2.05, 4.69) is 16.6 Å². The Bertz CT molecular complexity index is 651. The molecule has 0 unspecified atom stereocenters. The first-order chi connectivity index (χ1) is 9.78. The summed E-state index contributed by atoms with van der Waals surface area (Å²) < 4.78 is 28.1. The highest BCUT2D eigenvalue weighted by Gasteiger charge is 2.28. The average Bonchev–Trinajstić information content (AvgIpc) is 2.45. The summed E-state index contributed by atoms with van der Waals surface area (Å²) in [5.74, 6) is 5.60. The molecule has 0 saturated carbocycles. The van der Waals surface area contributed by atoms with Gasteiger partial charge in [-0.15, -0.1) is 0 Å². The maximum Gasteiger partial charge on any atom is 0.241 e. The predicted molar refractivity (Wildman–Crippen MR) is 86.4 cm³/mol. The van der Waals surface area contributed by atoms with Crippen LogP contribution in [0.5, 0.6) is 0 Å². The van der Waals surface area contributed by atoms with E-state index in [0.29, 0.717) is 11.1 Å². The van der Waals surface area contributed by atoms with E-state index in [9.17, 15) is 8.42 Å². The summed E-state index contributed by atoms with van der Waals surface area (Å²) in [6, 6.07) is 5.17. The lowest BCUT2D eigenvalue weighted by atomic mass is 9.98. The second-order valence-electron chi connectivity index (χ2n) is 5.36. The van der Waals surface area contributed by atoms with Crippen molar-refractivity contribution in [2.24, 2.45) is 5.73 Å². The molecule has 0 aliphatic rings. The second kappa shape index (κ2) is 7.08. The zero-order chi connectivity index (χ0) is 16.1. The lowest BCUT2D eigenvalue weighted by Crippen LogP contribution is -2.45. The number of rotatable bonds is 5. The standard InChI is InChI=1S/C16H24N2O2S/c1-5-16(4,6-2)18-21(19,20)15-12-14(8-7-11-17)10-9-13(15)3/h9-10,12,18H,5-6,11,17H2,1-4H3. The smallest absolute Gasteiger partial charge is 0.241 e. The molecule has 4 nitrogen and oxygen atoms in total. The molecule has 0 atom stereocenters. The third kappa shape index (κ3) is 4.57. The molecule has 0 aromatic heterocycles. The number of aryl methyl sites for hydroxylation is 1. The first-order valence-electron chi connectivity index (χ1n) is 7.11. The van der Waals surface area contributed by atoms with E-state index in [1.807, 2.05) is 20.8 Å². The van der Waals surface area contributed by atoms with Gasteiger partial charge in [-0.2, -0.15) is 0 Å². The van der Waals surface area contributed by atoms with Crippen molar-refractivity contribution in [1.29, 1.82) is 0 Å². The van der Waals surface area contributed by atoms with Crippen molar-refractivity contribution in [3.8, 4) is 11.8 Å². The lowest BCUT2D eigenvalue weighted by molar-refractivity contribution is 0.388. The maximum absolute atomic E-state index is 12.6. The fourth-order valence-corrected chi connectivity index (χ4v) is 3.72. The Morgan fingerprint density at radius 2 is 1.90 bits per heavy atom. The SMILES string of the molecule is CCC(C)(CC)NS(=O)(=O)c1cc(C#CCN)ccc1C. The topological polar surface area (TPSA) is 72.2 Å². The Hall–Kier alpha value is -1.35.